The van der Waals surface area contributed by atoms with Gasteiger partial charge in [-0.1, -0.05) is 54.9 Å². The summed E-state index contributed by atoms with van der Waals surface area (Å²) in [5.41, 5.74) is 1.38. The fourth-order valence-electron chi connectivity index (χ4n) is 3.52. The maximum absolute atomic E-state index is 12.9. The molecular formula is C22H26ClNO2. The SMILES string of the molecule is CC[C@@H](Oc1cccc(Cl)c1)C(=O)N1CCC(Cc2ccccc2)CC1. The molecule has 2 aromatic carbocycles. The molecule has 1 fully saturated rings. The van der Waals surface area contributed by atoms with Gasteiger partial charge in [-0.15, -0.1) is 0 Å². The van der Waals surface area contributed by atoms with E-state index in [-0.39, 0.29) is 5.91 Å². The van der Waals surface area contributed by atoms with E-state index >= 15 is 0 Å². The van der Waals surface area contributed by atoms with E-state index in [1.54, 1.807) is 12.1 Å². The van der Waals surface area contributed by atoms with Crippen LogP contribution in [0.25, 0.3) is 0 Å². The summed E-state index contributed by atoms with van der Waals surface area (Å²) < 4.78 is 5.91. The van der Waals surface area contributed by atoms with Crippen LogP contribution in [0, 0.1) is 5.92 Å². The van der Waals surface area contributed by atoms with Crippen molar-refractivity contribution in [1.29, 1.82) is 0 Å². The predicted molar refractivity (Wildman–Crippen MR) is 106 cm³/mol. The number of amides is 1. The average molecular weight is 372 g/mol. The normalized spacial score (nSPS) is 16.3. The van der Waals surface area contributed by atoms with Gasteiger partial charge in [-0.3, -0.25) is 4.79 Å². The molecule has 0 saturated carbocycles. The minimum Gasteiger partial charge on any atom is -0.481 e. The molecule has 0 radical (unpaired) electrons. The number of halogens is 1. The van der Waals surface area contributed by atoms with Gasteiger partial charge in [-0.05, 0) is 55.4 Å². The molecule has 3 rings (SSSR count). The van der Waals surface area contributed by atoms with E-state index in [0.29, 0.717) is 23.1 Å². The quantitative estimate of drug-likeness (QED) is 0.716. The summed E-state index contributed by atoms with van der Waals surface area (Å²) in [4.78, 5) is 14.8. The number of ether oxygens (including phenoxy) is 1. The van der Waals surface area contributed by atoms with E-state index in [9.17, 15) is 4.79 Å². The Hall–Kier alpha value is -2.00. The molecule has 1 heterocycles. The summed E-state index contributed by atoms with van der Waals surface area (Å²) in [5.74, 6) is 1.39. The Balaban J connectivity index is 1.53. The molecule has 1 saturated heterocycles. The van der Waals surface area contributed by atoms with Gasteiger partial charge in [0.2, 0.25) is 0 Å². The summed E-state index contributed by atoms with van der Waals surface area (Å²) in [6.45, 7) is 3.60. The van der Waals surface area contributed by atoms with E-state index < -0.39 is 6.10 Å². The lowest BCUT2D eigenvalue weighted by Gasteiger charge is -2.34. The highest BCUT2D eigenvalue weighted by molar-refractivity contribution is 6.30. The average Bonchev–Trinajstić information content (AvgIpc) is 2.67. The number of likely N-dealkylation sites (tertiary alicyclic amines) is 1. The number of carbonyl (C=O) groups excluding carboxylic acids is 1. The number of rotatable bonds is 6. The second kappa shape index (κ2) is 9.09. The number of nitrogens with zero attached hydrogens (tertiary/aromatic N) is 1. The van der Waals surface area contributed by atoms with E-state index in [1.165, 1.54) is 5.56 Å². The zero-order valence-electron chi connectivity index (χ0n) is 15.2. The summed E-state index contributed by atoms with van der Waals surface area (Å²) in [5, 5.41) is 0.617. The maximum Gasteiger partial charge on any atom is 0.263 e. The van der Waals surface area contributed by atoms with Crippen LogP contribution in [-0.4, -0.2) is 30.0 Å². The van der Waals surface area contributed by atoms with Crippen LogP contribution in [0.1, 0.15) is 31.7 Å². The van der Waals surface area contributed by atoms with Gasteiger partial charge in [0.1, 0.15) is 5.75 Å². The topological polar surface area (TPSA) is 29.5 Å². The molecule has 0 aromatic heterocycles. The molecule has 2 aromatic rings. The van der Waals surface area contributed by atoms with Crippen molar-refractivity contribution in [2.24, 2.45) is 5.92 Å². The second-order valence-electron chi connectivity index (χ2n) is 6.93. The molecule has 26 heavy (non-hydrogen) atoms. The number of benzene rings is 2. The molecule has 4 heteroatoms. The first-order chi connectivity index (χ1) is 12.7. The lowest BCUT2D eigenvalue weighted by atomic mass is 9.90. The van der Waals surface area contributed by atoms with Crippen LogP contribution >= 0.6 is 11.6 Å². The van der Waals surface area contributed by atoms with Crippen molar-refractivity contribution >= 4 is 17.5 Å². The largest absolute Gasteiger partial charge is 0.481 e. The lowest BCUT2D eigenvalue weighted by Crippen LogP contribution is -2.45. The molecule has 1 aliphatic heterocycles. The fraction of sp³-hybridized carbons (Fsp3) is 0.409. The molecule has 1 amide bonds. The highest BCUT2D eigenvalue weighted by Gasteiger charge is 2.28. The molecule has 3 nitrogen and oxygen atoms in total. The molecule has 0 unspecified atom stereocenters. The third kappa shape index (κ3) is 5.01. The van der Waals surface area contributed by atoms with E-state index in [0.717, 1.165) is 32.4 Å². The Labute approximate surface area is 160 Å². The molecule has 1 atom stereocenters. The number of hydrogen-bond acceptors (Lipinski definition) is 2. The van der Waals surface area contributed by atoms with Gasteiger partial charge >= 0.3 is 0 Å². The molecule has 0 aliphatic carbocycles. The van der Waals surface area contributed by atoms with Crippen molar-refractivity contribution in [2.75, 3.05) is 13.1 Å². The standard InChI is InChI=1S/C22H26ClNO2/c1-2-21(26-20-10-6-9-19(23)16-20)22(25)24-13-11-18(12-14-24)15-17-7-4-3-5-8-17/h3-10,16,18,21H,2,11-15H2,1H3/t21-/m1/s1. The minimum atomic E-state index is -0.445. The van der Waals surface area contributed by atoms with Crippen LogP contribution in [0.4, 0.5) is 0 Å². The molecule has 0 spiro atoms. The molecule has 138 valence electrons. The Morgan fingerprint density at radius 3 is 2.54 bits per heavy atom. The Kier molecular flexibility index (Phi) is 6.56. The van der Waals surface area contributed by atoms with Crippen molar-refractivity contribution < 1.29 is 9.53 Å². The first-order valence-corrected chi connectivity index (χ1v) is 9.78. The van der Waals surface area contributed by atoms with E-state index in [1.807, 2.05) is 24.0 Å². The Morgan fingerprint density at radius 2 is 1.88 bits per heavy atom. The summed E-state index contributed by atoms with van der Waals surface area (Å²) >= 11 is 6.01. The van der Waals surface area contributed by atoms with Crippen LogP contribution < -0.4 is 4.74 Å². The second-order valence-corrected chi connectivity index (χ2v) is 7.37. The van der Waals surface area contributed by atoms with Crippen LogP contribution in [-0.2, 0) is 11.2 Å². The maximum atomic E-state index is 12.9. The number of hydrogen-bond donors (Lipinski definition) is 0. The number of carbonyl (C=O) groups is 1. The lowest BCUT2D eigenvalue weighted by molar-refractivity contribution is -0.140. The highest BCUT2D eigenvalue weighted by atomic mass is 35.5. The summed E-state index contributed by atoms with van der Waals surface area (Å²) in [6, 6.07) is 17.8. The van der Waals surface area contributed by atoms with Crippen molar-refractivity contribution in [3.05, 3.63) is 65.2 Å². The van der Waals surface area contributed by atoms with Gasteiger partial charge in [-0.25, -0.2) is 0 Å². The Bertz CT molecular complexity index is 711. The van der Waals surface area contributed by atoms with Gasteiger partial charge in [0.05, 0.1) is 0 Å². The monoisotopic (exact) mass is 371 g/mol. The molecule has 1 aliphatic rings. The fourth-order valence-corrected chi connectivity index (χ4v) is 3.70. The van der Waals surface area contributed by atoms with Crippen molar-refractivity contribution in [2.45, 2.75) is 38.7 Å². The predicted octanol–water partition coefficient (Wildman–Crippen LogP) is 4.98. The zero-order chi connectivity index (χ0) is 18.4. The van der Waals surface area contributed by atoms with Crippen LogP contribution in [0.2, 0.25) is 5.02 Å². The third-order valence-electron chi connectivity index (χ3n) is 5.01. The molecule has 0 N–H and O–H groups in total. The number of piperidine rings is 1. The van der Waals surface area contributed by atoms with Gasteiger partial charge in [0.25, 0.3) is 5.91 Å². The van der Waals surface area contributed by atoms with E-state index in [4.69, 9.17) is 16.3 Å². The summed E-state index contributed by atoms with van der Waals surface area (Å²) in [7, 11) is 0. The van der Waals surface area contributed by atoms with Crippen LogP contribution in [0.3, 0.4) is 0 Å². The van der Waals surface area contributed by atoms with Crippen LogP contribution in [0.15, 0.2) is 54.6 Å². The molecule has 0 bridgehead atoms. The van der Waals surface area contributed by atoms with Gasteiger partial charge in [0.15, 0.2) is 6.10 Å². The highest BCUT2D eigenvalue weighted by Crippen LogP contribution is 2.24. The van der Waals surface area contributed by atoms with E-state index in [2.05, 4.69) is 30.3 Å². The van der Waals surface area contributed by atoms with Crippen molar-refractivity contribution in [3.63, 3.8) is 0 Å². The van der Waals surface area contributed by atoms with Gasteiger partial charge < -0.3 is 9.64 Å². The minimum absolute atomic E-state index is 0.0886. The van der Waals surface area contributed by atoms with Gasteiger partial charge in [0, 0.05) is 18.1 Å². The first kappa shape index (κ1) is 18.8. The zero-order valence-corrected chi connectivity index (χ0v) is 16.0. The smallest absolute Gasteiger partial charge is 0.263 e. The van der Waals surface area contributed by atoms with Crippen molar-refractivity contribution in [3.8, 4) is 5.75 Å². The molecular weight excluding hydrogens is 346 g/mol. The van der Waals surface area contributed by atoms with Crippen molar-refractivity contribution in [1.82, 2.24) is 4.90 Å². The van der Waals surface area contributed by atoms with Gasteiger partial charge in [-0.2, -0.15) is 0 Å². The summed E-state index contributed by atoms with van der Waals surface area (Å²) in [6.07, 6.45) is 3.40. The van der Waals surface area contributed by atoms with Crippen LogP contribution in [0.5, 0.6) is 5.75 Å². The Morgan fingerprint density at radius 1 is 1.15 bits per heavy atom. The third-order valence-corrected chi connectivity index (χ3v) is 5.25. The first-order valence-electron chi connectivity index (χ1n) is 9.40.